The van der Waals surface area contributed by atoms with E-state index in [1.165, 1.54) is 6.42 Å². The number of anilines is 4. The molecule has 3 heterocycles. The van der Waals surface area contributed by atoms with Gasteiger partial charge in [-0.25, -0.2) is 13.8 Å². The molecule has 9 nitrogen and oxygen atoms in total. The summed E-state index contributed by atoms with van der Waals surface area (Å²) in [4.78, 5) is 40.1. The third kappa shape index (κ3) is 5.57. The number of hydrogen-bond donors (Lipinski definition) is 2. The van der Waals surface area contributed by atoms with Gasteiger partial charge in [0.15, 0.2) is 5.82 Å². The molecular weight excluding hydrogens is 492 g/mol. The van der Waals surface area contributed by atoms with Crippen LogP contribution in [0.2, 0.25) is 0 Å². The Kier molecular flexibility index (Phi) is 7.73. The first-order valence-electron chi connectivity index (χ1n) is 13.5. The average molecular weight is 528 g/mol. The monoisotopic (exact) mass is 527 g/mol. The van der Waals surface area contributed by atoms with E-state index in [0.29, 0.717) is 24.5 Å². The van der Waals surface area contributed by atoms with Crippen LogP contribution in [0.1, 0.15) is 61.7 Å². The van der Waals surface area contributed by atoms with Crippen LogP contribution in [-0.4, -0.2) is 72.5 Å². The topological polar surface area (TPSA) is 93.7 Å². The summed E-state index contributed by atoms with van der Waals surface area (Å²) in [6, 6.07) is 2.07. The van der Waals surface area contributed by atoms with Gasteiger partial charge in [0, 0.05) is 38.2 Å². The Bertz CT molecular complexity index is 1200. The van der Waals surface area contributed by atoms with Gasteiger partial charge in [-0.15, -0.1) is 0 Å². The van der Waals surface area contributed by atoms with Gasteiger partial charge in [0.05, 0.1) is 17.4 Å². The molecule has 1 aromatic carbocycles. The molecule has 1 saturated carbocycles. The van der Waals surface area contributed by atoms with E-state index in [2.05, 4.69) is 30.4 Å². The second-order valence-corrected chi connectivity index (χ2v) is 10.6. The molecule has 204 valence electrons. The van der Waals surface area contributed by atoms with Crippen LogP contribution in [0.15, 0.2) is 18.3 Å². The van der Waals surface area contributed by atoms with E-state index in [1.54, 1.807) is 18.1 Å². The Balaban J connectivity index is 1.37. The highest BCUT2D eigenvalue weighted by Gasteiger charge is 2.31. The van der Waals surface area contributed by atoms with Crippen LogP contribution in [0.4, 0.5) is 31.9 Å². The first-order valence-corrected chi connectivity index (χ1v) is 13.5. The molecule has 1 saturated heterocycles. The molecule has 2 aromatic rings. The van der Waals surface area contributed by atoms with Crippen molar-refractivity contribution in [1.82, 2.24) is 20.2 Å². The molecule has 0 bridgehead atoms. The van der Waals surface area contributed by atoms with Gasteiger partial charge in [0.1, 0.15) is 17.3 Å². The number of aromatic nitrogens is 2. The molecule has 5 rings (SSSR count). The lowest BCUT2D eigenvalue weighted by atomic mass is 9.94. The van der Waals surface area contributed by atoms with Crippen molar-refractivity contribution in [2.24, 2.45) is 0 Å². The van der Waals surface area contributed by atoms with Gasteiger partial charge in [0.25, 0.3) is 5.91 Å². The number of likely N-dealkylation sites (tertiary alicyclic amines) is 1. The second-order valence-electron chi connectivity index (χ2n) is 10.6. The van der Waals surface area contributed by atoms with Crippen molar-refractivity contribution in [2.45, 2.75) is 63.5 Å². The Labute approximate surface area is 221 Å². The highest BCUT2D eigenvalue weighted by Crippen LogP contribution is 2.36. The predicted octanol–water partition coefficient (Wildman–Crippen LogP) is 3.83. The summed E-state index contributed by atoms with van der Waals surface area (Å²) < 4.78 is 30.0. The third-order valence-electron chi connectivity index (χ3n) is 7.94. The molecule has 1 aliphatic carbocycles. The minimum atomic E-state index is -0.830. The van der Waals surface area contributed by atoms with Crippen molar-refractivity contribution < 1.29 is 18.4 Å². The number of amides is 2. The summed E-state index contributed by atoms with van der Waals surface area (Å²) >= 11 is 0. The molecule has 0 radical (unpaired) electrons. The highest BCUT2D eigenvalue weighted by molar-refractivity contribution is 5.97. The van der Waals surface area contributed by atoms with E-state index in [1.807, 2.05) is 7.05 Å². The highest BCUT2D eigenvalue weighted by atomic mass is 19.1. The Hall–Kier alpha value is -3.34. The van der Waals surface area contributed by atoms with Crippen LogP contribution in [0.5, 0.6) is 0 Å². The molecule has 2 fully saturated rings. The fourth-order valence-electron chi connectivity index (χ4n) is 5.60. The summed E-state index contributed by atoms with van der Waals surface area (Å²) in [5.74, 6) is -1.55. The normalized spacial score (nSPS) is 19.7. The van der Waals surface area contributed by atoms with Crippen LogP contribution in [-0.2, 0) is 4.79 Å². The third-order valence-corrected chi connectivity index (χ3v) is 7.94. The lowest BCUT2D eigenvalue weighted by Crippen LogP contribution is -2.43. The minimum absolute atomic E-state index is 0.0175. The molecule has 1 aromatic heterocycles. The largest absolute Gasteiger partial charge is 0.351 e. The summed E-state index contributed by atoms with van der Waals surface area (Å²) in [7, 11) is 3.71. The van der Waals surface area contributed by atoms with E-state index in [9.17, 15) is 14.0 Å². The second kappa shape index (κ2) is 11.2. The van der Waals surface area contributed by atoms with E-state index < -0.39 is 17.5 Å². The molecule has 3 aliphatic rings. The number of benzene rings is 1. The van der Waals surface area contributed by atoms with Gasteiger partial charge in [-0.05, 0) is 51.9 Å². The van der Waals surface area contributed by atoms with Gasteiger partial charge in [-0.3, -0.25) is 9.59 Å². The van der Waals surface area contributed by atoms with Crippen LogP contribution in [0.25, 0.3) is 0 Å². The van der Waals surface area contributed by atoms with E-state index in [4.69, 9.17) is 0 Å². The van der Waals surface area contributed by atoms with Crippen LogP contribution < -0.4 is 20.4 Å². The molecule has 2 aliphatic heterocycles. The smallest absolute Gasteiger partial charge is 0.254 e. The van der Waals surface area contributed by atoms with Gasteiger partial charge in [0.2, 0.25) is 11.9 Å². The Morgan fingerprint density at radius 1 is 1.00 bits per heavy atom. The van der Waals surface area contributed by atoms with Crippen molar-refractivity contribution in [3.63, 3.8) is 0 Å². The molecule has 0 unspecified atom stereocenters. The lowest BCUT2D eigenvalue weighted by molar-refractivity contribution is -0.118. The number of piperidine rings is 1. The number of nitrogens with zero attached hydrogens (tertiary/aromatic N) is 5. The molecule has 38 heavy (non-hydrogen) atoms. The predicted molar refractivity (Wildman–Crippen MR) is 142 cm³/mol. The zero-order valence-electron chi connectivity index (χ0n) is 22.0. The van der Waals surface area contributed by atoms with Crippen molar-refractivity contribution in [2.75, 3.05) is 48.8 Å². The van der Waals surface area contributed by atoms with Gasteiger partial charge in [-0.2, -0.15) is 4.98 Å². The summed E-state index contributed by atoms with van der Waals surface area (Å²) in [5.41, 5.74) is 0.0928. The van der Waals surface area contributed by atoms with Crippen LogP contribution in [0.3, 0.4) is 0 Å². The molecule has 2 N–H and O–H groups in total. The van der Waals surface area contributed by atoms with Crippen LogP contribution in [0, 0.1) is 11.6 Å². The van der Waals surface area contributed by atoms with Crippen LogP contribution >= 0.6 is 0 Å². The fraction of sp³-hybridized carbons (Fsp3) is 0.556. The van der Waals surface area contributed by atoms with Crippen molar-refractivity contribution in [1.29, 1.82) is 0 Å². The SMILES string of the molecule is CN1CCC(NC(=O)c2cc(F)c(Nc3ncc4c(n3)N(C3CCCCC3)CCC(=O)N4C)cc2F)CC1. The lowest BCUT2D eigenvalue weighted by Gasteiger charge is -2.35. The zero-order chi connectivity index (χ0) is 26.8. The van der Waals surface area contributed by atoms with Gasteiger partial charge >= 0.3 is 0 Å². The van der Waals surface area contributed by atoms with Gasteiger partial charge in [-0.1, -0.05) is 19.3 Å². The minimum Gasteiger partial charge on any atom is -0.351 e. The number of halogens is 2. The molecule has 2 amide bonds. The molecule has 0 atom stereocenters. The summed E-state index contributed by atoms with van der Waals surface area (Å²) in [6.07, 6.45) is 8.92. The van der Waals surface area contributed by atoms with Crippen molar-refractivity contribution >= 4 is 35.0 Å². The zero-order valence-corrected chi connectivity index (χ0v) is 22.0. The Morgan fingerprint density at radius 3 is 2.47 bits per heavy atom. The molecule has 11 heteroatoms. The molecule has 0 spiro atoms. The van der Waals surface area contributed by atoms with E-state index in [-0.39, 0.29) is 35.2 Å². The maximum atomic E-state index is 15.1. The molecular formula is C27H35F2N7O2. The van der Waals surface area contributed by atoms with Gasteiger partial charge < -0.3 is 25.3 Å². The number of carbonyl (C=O) groups is 2. The number of carbonyl (C=O) groups excluding carboxylic acids is 2. The maximum Gasteiger partial charge on any atom is 0.254 e. The average Bonchev–Trinajstić information content (AvgIpc) is 3.03. The number of fused-ring (bicyclic) bond motifs is 1. The van der Waals surface area contributed by atoms with E-state index >= 15 is 4.39 Å². The summed E-state index contributed by atoms with van der Waals surface area (Å²) in [5, 5.41) is 5.60. The maximum absolute atomic E-state index is 15.1. The standard InChI is InChI=1S/C27H35F2N7O2/c1-34-11-8-17(9-12-34)31-26(38)19-14-21(29)22(15-20(19)28)32-27-30-16-23-25(33-27)36(13-10-24(37)35(23)2)18-6-4-3-5-7-18/h14-18H,3-13H2,1-2H3,(H,31,38)(H,30,32,33). The van der Waals surface area contributed by atoms with Crippen molar-refractivity contribution in [3.05, 3.63) is 35.5 Å². The number of nitrogens with one attached hydrogen (secondary N) is 2. The fourth-order valence-corrected chi connectivity index (χ4v) is 5.60. The quantitative estimate of drug-likeness (QED) is 0.611. The summed E-state index contributed by atoms with van der Waals surface area (Å²) in [6.45, 7) is 2.22. The first kappa shape index (κ1) is 26.3. The first-order chi connectivity index (χ1) is 18.3. The number of hydrogen-bond acceptors (Lipinski definition) is 7. The Morgan fingerprint density at radius 2 is 1.74 bits per heavy atom. The van der Waals surface area contributed by atoms with E-state index in [0.717, 1.165) is 63.7 Å². The number of rotatable bonds is 5. The van der Waals surface area contributed by atoms with Crippen molar-refractivity contribution in [3.8, 4) is 0 Å².